The maximum absolute atomic E-state index is 12.1. The van der Waals surface area contributed by atoms with Crippen molar-refractivity contribution in [2.45, 2.75) is 13.0 Å². The molecule has 1 amide bonds. The van der Waals surface area contributed by atoms with Gasteiger partial charge in [0.15, 0.2) is 6.10 Å². The highest BCUT2D eigenvalue weighted by Gasteiger charge is 2.24. The molecule has 1 aliphatic rings. The maximum atomic E-state index is 12.1. The van der Waals surface area contributed by atoms with Crippen molar-refractivity contribution in [3.05, 3.63) is 40.4 Å². The Balaban J connectivity index is 1.85. The Morgan fingerprint density at radius 3 is 2.55 bits per heavy atom. The van der Waals surface area contributed by atoms with Crippen LogP contribution in [-0.4, -0.2) is 49.2 Å². The van der Waals surface area contributed by atoms with Crippen LogP contribution in [0.15, 0.2) is 34.8 Å². The van der Waals surface area contributed by atoms with E-state index in [0.717, 1.165) is 10.0 Å². The Bertz CT molecular complexity index is 550. The van der Waals surface area contributed by atoms with E-state index in [1.54, 1.807) is 17.9 Å². The fourth-order valence-electron chi connectivity index (χ4n) is 2.04. The quantitative estimate of drug-likeness (QED) is 0.604. The standard InChI is InChI=1S/C16H18BrNO4/c1-12(16(20)18-8-10-21-11-9-18)22-15(19)7-4-13-2-5-14(17)6-3-13/h2-7,12H,8-11H2,1H3/b7-4+/t12-/m1/s1. The van der Waals surface area contributed by atoms with Crippen molar-refractivity contribution in [2.24, 2.45) is 0 Å². The molecular formula is C16H18BrNO4. The molecule has 0 aliphatic carbocycles. The number of hydrogen-bond acceptors (Lipinski definition) is 4. The molecule has 1 fully saturated rings. The van der Waals surface area contributed by atoms with Crippen LogP contribution in [-0.2, 0) is 19.1 Å². The zero-order chi connectivity index (χ0) is 15.9. The van der Waals surface area contributed by atoms with E-state index in [1.165, 1.54) is 6.08 Å². The second-order valence-corrected chi connectivity index (χ2v) is 5.82. The van der Waals surface area contributed by atoms with Gasteiger partial charge in [0.1, 0.15) is 0 Å². The minimum atomic E-state index is -0.792. The highest BCUT2D eigenvalue weighted by atomic mass is 79.9. The average molecular weight is 368 g/mol. The van der Waals surface area contributed by atoms with Crippen LogP contribution in [0.2, 0.25) is 0 Å². The molecule has 0 spiro atoms. The number of benzene rings is 1. The van der Waals surface area contributed by atoms with Crippen LogP contribution in [0, 0.1) is 0 Å². The fourth-order valence-corrected chi connectivity index (χ4v) is 2.31. The molecule has 0 saturated carbocycles. The third-order valence-corrected chi connectivity index (χ3v) is 3.77. The van der Waals surface area contributed by atoms with Gasteiger partial charge in [0.2, 0.25) is 0 Å². The Labute approximate surface area is 138 Å². The molecule has 0 radical (unpaired) electrons. The first-order valence-corrected chi connectivity index (χ1v) is 7.86. The van der Waals surface area contributed by atoms with E-state index in [9.17, 15) is 9.59 Å². The maximum Gasteiger partial charge on any atom is 0.331 e. The summed E-state index contributed by atoms with van der Waals surface area (Å²) in [6.07, 6.45) is 2.19. The first-order valence-electron chi connectivity index (χ1n) is 7.07. The molecule has 1 saturated heterocycles. The van der Waals surface area contributed by atoms with E-state index < -0.39 is 12.1 Å². The van der Waals surface area contributed by atoms with Gasteiger partial charge in [0, 0.05) is 23.6 Å². The third-order valence-electron chi connectivity index (χ3n) is 3.25. The Morgan fingerprint density at radius 1 is 1.27 bits per heavy atom. The van der Waals surface area contributed by atoms with E-state index in [-0.39, 0.29) is 5.91 Å². The van der Waals surface area contributed by atoms with Crippen LogP contribution >= 0.6 is 15.9 Å². The Hall–Kier alpha value is -1.66. The van der Waals surface area contributed by atoms with Gasteiger partial charge >= 0.3 is 5.97 Å². The molecular weight excluding hydrogens is 350 g/mol. The van der Waals surface area contributed by atoms with Gasteiger partial charge in [0.05, 0.1) is 13.2 Å². The third kappa shape index (κ3) is 4.96. The number of rotatable bonds is 4. The zero-order valence-electron chi connectivity index (χ0n) is 12.3. The molecule has 1 aromatic rings. The molecule has 118 valence electrons. The number of hydrogen-bond donors (Lipinski definition) is 0. The zero-order valence-corrected chi connectivity index (χ0v) is 13.9. The lowest BCUT2D eigenvalue weighted by Crippen LogP contribution is -2.45. The summed E-state index contributed by atoms with van der Waals surface area (Å²) in [6.45, 7) is 3.71. The molecule has 1 heterocycles. The van der Waals surface area contributed by atoms with Crippen LogP contribution in [0.1, 0.15) is 12.5 Å². The molecule has 5 nitrogen and oxygen atoms in total. The second kappa shape index (κ2) is 8.10. The molecule has 1 aromatic carbocycles. The van der Waals surface area contributed by atoms with E-state index in [4.69, 9.17) is 9.47 Å². The first-order chi connectivity index (χ1) is 10.6. The normalized spacial score (nSPS) is 16.5. The predicted molar refractivity (Wildman–Crippen MR) is 86.1 cm³/mol. The largest absolute Gasteiger partial charge is 0.449 e. The van der Waals surface area contributed by atoms with Crippen LogP contribution in [0.5, 0.6) is 0 Å². The smallest absolute Gasteiger partial charge is 0.331 e. The van der Waals surface area contributed by atoms with Gasteiger partial charge < -0.3 is 14.4 Å². The van der Waals surface area contributed by atoms with Gasteiger partial charge in [-0.3, -0.25) is 4.79 Å². The topological polar surface area (TPSA) is 55.8 Å². The summed E-state index contributed by atoms with van der Waals surface area (Å²) < 4.78 is 11.3. The van der Waals surface area contributed by atoms with E-state index in [1.807, 2.05) is 24.3 Å². The second-order valence-electron chi connectivity index (χ2n) is 4.90. The minimum absolute atomic E-state index is 0.186. The van der Waals surface area contributed by atoms with Crippen molar-refractivity contribution in [1.29, 1.82) is 0 Å². The molecule has 0 unspecified atom stereocenters. The summed E-state index contributed by atoms with van der Waals surface area (Å²) in [7, 11) is 0. The Kier molecular flexibility index (Phi) is 6.15. The van der Waals surface area contributed by atoms with Gasteiger partial charge in [-0.15, -0.1) is 0 Å². The molecule has 22 heavy (non-hydrogen) atoms. The van der Waals surface area contributed by atoms with Crippen LogP contribution in [0.4, 0.5) is 0 Å². The van der Waals surface area contributed by atoms with Crippen molar-refractivity contribution in [1.82, 2.24) is 4.90 Å². The van der Waals surface area contributed by atoms with Crippen LogP contribution in [0.25, 0.3) is 6.08 Å². The predicted octanol–water partition coefficient (Wildman–Crippen LogP) is 2.25. The van der Waals surface area contributed by atoms with E-state index >= 15 is 0 Å². The monoisotopic (exact) mass is 367 g/mol. The van der Waals surface area contributed by atoms with Gasteiger partial charge in [-0.25, -0.2) is 4.79 Å². The van der Waals surface area contributed by atoms with Crippen molar-refractivity contribution in [3.63, 3.8) is 0 Å². The number of carbonyl (C=O) groups excluding carboxylic acids is 2. The van der Waals surface area contributed by atoms with E-state index in [2.05, 4.69) is 15.9 Å². The summed E-state index contributed by atoms with van der Waals surface area (Å²) in [5.41, 5.74) is 0.882. The van der Waals surface area contributed by atoms with Crippen molar-refractivity contribution >= 4 is 33.9 Å². The van der Waals surface area contributed by atoms with E-state index in [0.29, 0.717) is 26.3 Å². The lowest BCUT2D eigenvalue weighted by molar-refractivity contribution is -0.157. The number of morpholine rings is 1. The lowest BCUT2D eigenvalue weighted by atomic mass is 10.2. The van der Waals surface area contributed by atoms with Gasteiger partial charge in [-0.1, -0.05) is 28.1 Å². The number of halogens is 1. The van der Waals surface area contributed by atoms with Crippen molar-refractivity contribution in [3.8, 4) is 0 Å². The molecule has 0 aromatic heterocycles. The lowest BCUT2D eigenvalue weighted by Gasteiger charge is -2.28. The SMILES string of the molecule is C[C@@H](OC(=O)/C=C/c1ccc(Br)cc1)C(=O)N1CCOCC1. The van der Waals surface area contributed by atoms with Crippen molar-refractivity contribution in [2.75, 3.05) is 26.3 Å². The summed E-state index contributed by atoms with van der Waals surface area (Å²) in [6, 6.07) is 7.51. The molecule has 6 heteroatoms. The number of esters is 1. The number of nitrogens with zero attached hydrogens (tertiary/aromatic N) is 1. The van der Waals surface area contributed by atoms with Crippen LogP contribution < -0.4 is 0 Å². The number of ether oxygens (including phenoxy) is 2. The summed E-state index contributed by atoms with van der Waals surface area (Å²) in [5, 5.41) is 0. The summed E-state index contributed by atoms with van der Waals surface area (Å²) in [5.74, 6) is -0.717. The molecule has 2 rings (SSSR count). The molecule has 0 bridgehead atoms. The average Bonchev–Trinajstić information content (AvgIpc) is 2.54. The molecule has 1 atom stereocenters. The summed E-state index contributed by atoms with van der Waals surface area (Å²) in [4.78, 5) is 25.5. The van der Waals surface area contributed by atoms with Gasteiger partial charge in [-0.05, 0) is 30.7 Å². The molecule has 0 N–H and O–H groups in total. The van der Waals surface area contributed by atoms with Crippen molar-refractivity contribution < 1.29 is 19.1 Å². The Morgan fingerprint density at radius 2 is 1.91 bits per heavy atom. The minimum Gasteiger partial charge on any atom is -0.449 e. The van der Waals surface area contributed by atoms with Crippen LogP contribution in [0.3, 0.4) is 0 Å². The number of amides is 1. The highest BCUT2D eigenvalue weighted by Crippen LogP contribution is 2.11. The first kappa shape index (κ1) is 16.7. The van der Waals surface area contributed by atoms with Gasteiger partial charge in [-0.2, -0.15) is 0 Å². The highest BCUT2D eigenvalue weighted by molar-refractivity contribution is 9.10. The van der Waals surface area contributed by atoms with Gasteiger partial charge in [0.25, 0.3) is 5.91 Å². The summed E-state index contributed by atoms with van der Waals surface area (Å²) >= 11 is 3.35. The number of carbonyl (C=O) groups is 2. The fraction of sp³-hybridized carbons (Fsp3) is 0.375. The molecule has 1 aliphatic heterocycles.